The van der Waals surface area contributed by atoms with Crippen LogP contribution in [-0.2, 0) is 21.4 Å². The predicted octanol–water partition coefficient (Wildman–Crippen LogP) is 2.59. The van der Waals surface area contributed by atoms with Crippen LogP contribution >= 0.6 is 0 Å². The van der Waals surface area contributed by atoms with E-state index in [1.54, 1.807) is 12.1 Å². The van der Waals surface area contributed by atoms with Crippen LogP contribution in [0.3, 0.4) is 0 Å². The molecule has 3 amide bonds. The second kappa shape index (κ2) is 11.9. The van der Waals surface area contributed by atoms with E-state index in [9.17, 15) is 18.0 Å². The maximum Gasteiger partial charge on any atom is 0.315 e. The van der Waals surface area contributed by atoms with Crippen molar-refractivity contribution >= 4 is 27.6 Å². The molecule has 0 heterocycles. The number of unbranched alkanes of at least 4 members (excludes halogenated alkanes) is 1. The highest BCUT2D eigenvalue weighted by atomic mass is 32.2. The summed E-state index contributed by atoms with van der Waals surface area (Å²) in [7, 11) is -3.61. The van der Waals surface area contributed by atoms with Crippen LogP contribution in [0.2, 0.25) is 0 Å². The molecule has 0 fully saturated rings. The number of urea groups is 1. The zero-order chi connectivity index (χ0) is 21.8. The molecule has 162 valence electrons. The molecule has 2 rings (SSSR count). The average molecular weight is 433 g/mol. The molecule has 0 radical (unpaired) electrons. The molecular formula is C21H28N4O4S. The second-order valence-corrected chi connectivity index (χ2v) is 8.44. The third kappa shape index (κ3) is 8.22. The highest BCUT2D eigenvalue weighted by molar-refractivity contribution is 7.89. The average Bonchev–Trinajstić information content (AvgIpc) is 2.73. The van der Waals surface area contributed by atoms with E-state index in [-0.39, 0.29) is 29.8 Å². The molecule has 2 aromatic carbocycles. The summed E-state index contributed by atoms with van der Waals surface area (Å²) in [4.78, 5) is 24.0. The zero-order valence-electron chi connectivity index (χ0n) is 17.0. The van der Waals surface area contributed by atoms with Crippen molar-refractivity contribution in [3.8, 4) is 0 Å². The molecular weight excluding hydrogens is 404 g/mol. The fraction of sp³-hybridized carbons (Fsp3) is 0.333. The molecule has 0 aromatic heterocycles. The first-order valence-corrected chi connectivity index (χ1v) is 11.3. The SMILES string of the molecule is CCCCNS(=O)(=O)c1cccc(NC(=O)CCNC(=O)NCc2ccccc2)c1. The Morgan fingerprint density at radius 2 is 1.70 bits per heavy atom. The van der Waals surface area contributed by atoms with Gasteiger partial charge in [0.2, 0.25) is 15.9 Å². The van der Waals surface area contributed by atoms with Gasteiger partial charge < -0.3 is 16.0 Å². The number of anilines is 1. The monoisotopic (exact) mass is 432 g/mol. The molecule has 0 aliphatic carbocycles. The molecule has 8 nitrogen and oxygen atoms in total. The number of hydrogen-bond acceptors (Lipinski definition) is 4. The summed E-state index contributed by atoms with van der Waals surface area (Å²) in [5, 5.41) is 7.98. The third-order valence-corrected chi connectivity index (χ3v) is 5.64. The molecule has 0 atom stereocenters. The predicted molar refractivity (Wildman–Crippen MR) is 116 cm³/mol. The number of hydrogen-bond donors (Lipinski definition) is 4. The number of nitrogens with one attached hydrogen (secondary N) is 4. The van der Waals surface area contributed by atoms with Crippen LogP contribution in [0, 0.1) is 0 Å². The van der Waals surface area contributed by atoms with Gasteiger partial charge >= 0.3 is 6.03 Å². The first-order valence-electron chi connectivity index (χ1n) is 9.86. The number of amides is 3. The number of rotatable bonds is 11. The highest BCUT2D eigenvalue weighted by Gasteiger charge is 2.14. The van der Waals surface area contributed by atoms with Crippen LogP contribution < -0.4 is 20.7 Å². The van der Waals surface area contributed by atoms with E-state index in [1.807, 2.05) is 37.3 Å². The van der Waals surface area contributed by atoms with Gasteiger partial charge in [0, 0.05) is 31.7 Å². The minimum absolute atomic E-state index is 0.0600. The van der Waals surface area contributed by atoms with Gasteiger partial charge in [-0.05, 0) is 30.2 Å². The smallest absolute Gasteiger partial charge is 0.315 e. The fourth-order valence-electron chi connectivity index (χ4n) is 2.56. The number of carbonyl (C=O) groups is 2. The van der Waals surface area contributed by atoms with E-state index in [0.29, 0.717) is 18.8 Å². The number of benzene rings is 2. The second-order valence-electron chi connectivity index (χ2n) is 6.67. The summed E-state index contributed by atoms with van der Waals surface area (Å²) < 4.78 is 27.1. The number of carbonyl (C=O) groups excluding carboxylic acids is 2. The molecule has 0 aliphatic rings. The topological polar surface area (TPSA) is 116 Å². The van der Waals surface area contributed by atoms with E-state index in [1.165, 1.54) is 12.1 Å². The van der Waals surface area contributed by atoms with E-state index >= 15 is 0 Å². The van der Waals surface area contributed by atoms with Crippen molar-refractivity contribution < 1.29 is 18.0 Å². The Hall–Kier alpha value is -2.91. The summed E-state index contributed by atoms with van der Waals surface area (Å²) in [5.74, 6) is -0.327. The van der Waals surface area contributed by atoms with Gasteiger partial charge in [-0.2, -0.15) is 0 Å². The van der Waals surface area contributed by atoms with Gasteiger partial charge in [-0.3, -0.25) is 4.79 Å². The van der Waals surface area contributed by atoms with Crippen molar-refractivity contribution in [2.24, 2.45) is 0 Å². The van der Waals surface area contributed by atoms with Crippen LogP contribution in [0.15, 0.2) is 59.5 Å². The lowest BCUT2D eigenvalue weighted by Gasteiger charge is -2.10. The normalized spacial score (nSPS) is 11.0. The van der Waals surface area contributed by atoms with Crippen molar-refractivity contribution in [1.29, 1.82) is 0 Å². The van der Waals surface area contributed by atoms with E-state index in [2.05, 4.69) is 20.7 Å². The molecule has 0 saturated heterocycles. The van der Waals surface area contributed by atoms with Gasteiger partial charge in [-0.25, -0.2) is 17.9 Å². The lowest BCUT2D eigenvalue weighted by molar-refractivity contribution is -0.116. The largest absolute Gasteiger partial charge is 0.338 e. The van der Waals surface area contributed by atoms with Crippen molar-refractivity contribution in [1.82, 2.24) is 15.4 Å². The molecule has 9 heteroatoms. The van der Waals surface area contributed by atoms with Crippen LogP contribution in [0.4, 0.5) is 10.5 Å². The Morgan fingerprint density at radius 3 is 2.43 bits per heavy atom. The van der Waals surface area contributed by atoms with Crippen LogP contribution in [0.5, 0.6) is 0 Å². The highest BCUT2D eigenvalue weighted by Crippen LogP contribution is 2.15. The lowest BCUT2D eigenvalue weighted by atomic mass is 10.2. The van der Waals surface area contributed by atoms with Crippen molar-refractivity contribution in [2.45, 2.75) is 37.6 Å². The Kier molecular flexibility index (Phi) is 9.30. The Morgan fingerprint density at radius 1 is 0.933 bits per heavy atom. The molecule has 0 saturated carbocycles. The Bertz CT molecular complexity index is 933. The van der Waals surface area contributed by atoms with Crippen molar-refractivity contribution in [3.05, 3.63) is 60.2 Å². The van der Waals surface area contributed by atoms with E-state index in [4.69, 9.17) is 0 Å². The quantitative estimate of drug-likeness (QED) is 0.408. The maximum absolute atomic E-state index is 12.3. The summed E-state index contributed by atoms with van der Waals surface area (Å²) in [5.41, 5.74) is 1.36. The van der Waals surface area contributed by atoms with Gasteiger partial charge in [0.05, 0.1) is 4.90 Å². The fourth-order valence-corrected chi connectivity index (χ4v) is 3.68. The summed E-state index contributed by atoms with van der Waals surface area (Å²) in [6, 6.07) is 15.2. The third-order valence-electron chi connectivity index (χ3n) is 4.18. The minimum atomic E-state index is -3.61. The van der Waals surface area contributed by atoms with E-state index in [0.717, 1.165) is 18.4 Å². The lowest BCUT2D eigenvalue weighted by Crippen LogP contribution is -2.36. The summed E-state index contributed by atoms with van der Waals surface area (Å²) >= 11 is 0. The molecule has 0 bridgehead atoms. The standard InChI is InChI=1S/C21H28N4O4S/c1-2-3-13-24-30(28,29)19-11-7-10-18(15-19)25-20(26)12-14-22-21(27)23-16-17-8-5-4-6-9-17/h4-11,15,24H,2-3,12-14,16H2,1H3,(H,25,26)(H2,22,23,27). The van der Waals surface area contributed by atoms with Gasteiger partial charge in [0.15, 0.2) is 0 Å². The Labute approximate surface area is 177 Å². The van der Waals surface area contributed by atoms with Crippen LogP contribution in [0.1, 0.15) is 31.7 Å². The van der Waals surface area contributed by atoms with Gasteiger partial charge in [0.25, 0.3) is 0 Å². The zero-order valence-corrected chi connectivity index (χ0v) is 17.8. The first kappa shape index (κ1) is 23.4. The van der Waals surface area contributed by atoms with Crippen molar-refractivity contribution in [3.63, 3.8) is 0 Å². The van der Waals surface area contributed by atoms with Gasteiger partial charge in [0.1, 0.15) is 0 Å². The van der Waals surface area contributed by atoms with Crippen molar-refractivity contribution in [2.75, 3.05) is 18.4 Å². The molecule has 4 N–H and O–H groups in total. The summed E-state index contributed by atoms with van der Waals surface area (Å²) in [6.07, 6.45) is 1.70. The molecule has 30 heavy (non-hydrogen) atoms. The molecule has 0 aliphatic heterocycles. The molecule has 0 unspecified atom stereocenters. The van der Waals surface area contributed by atoms with E-state index < -0.39 is 10.0 Å². The minimum Gasteiger partial charge on any atom is -0.338 e. The number of sulfonamides is 1. The first-order chi connectivity index (χ1) is 14.4. The Balaban J connectivity index is 1.76. The summed E-state index contributed by atoms with van der Waals surface area (Å²) in [6.45, 7) is 2.90. The van der Waals surface area contributed by atoms with Gasteiger partial charge in [-0.1, -0.05) is 49.7 Å². The van der Waals surface area contributed by atoms with Gasteiger partial charge in [-0.15, -0.1) is 0 Å². The van der Waals surface area contributed by atoms with Crippen LogP contribution in [0.25, 0.3) is 0 Å². The molecule has 0 spiro atoms. The molecule has 2 aromatic rings. The van der Waals surface area contributed by atoms with Crippen LogP contribution in [-0.4, -0.2) is 33.4 Å². The maximum atomic E-state index is 12.3.